The van der Waals surface area contributed by atoms with Crippen LogP contribution in [0, 0.1) is 12.7 Å². The number of carbonyl (C=O) groups is 1. The van der Waals surface area contributed by atoms with Gasteiger partial charge in [0.15, 0.2) is 9.84 Å². The number of amides is 1. The standard InChI is InChI=1S/C15H14FNO3S/c1-10-8-11(16)6-7-14(10)15(18)17-12-4-3-5-13(9-12)21(2,19)20/h3-9H,1-2H3,(H,17,18). The molecule has 1 N–H and O–H groups in total. The van der Waals surface area contributed by atoms with Crippen LogP contribution in [0.25, 0.3) is 0 Å². The number of carbonyl (C=O) groups excluding carboxylic acids is 1. The van der Waals surface area contributed by atoms with Gasteiger partial charge in [0.05, 0.1) is 4.90 Å². The second-order valence-electron chi connectivity index (χ2n) is 4.71. The fourth-order valence-corrected chi connectivity index (χ4v) is 2.55. The summed E-state index contributed by atoms with van der Waals surface area (Å²) in [6, 6.07) is 9.83. The highest BCUT2D eigenvalue weighted by Crippen LogP contribution is 2.17. The largest absolute Gasteiger partial charge is 0.322 e. The van der Waals surface area contributed by atoms with Crippen LogP contribution in [0.15, 0.2) is 47.4 Å². The Kier molecular flexibility index (Phi) is 4.09. The van der Waals surface area contributed by atoms with Crippen molar-refractivity contribution in [2.45, 2.75) is 11.8 Å². The molecule has 0 fully saturated rings. The number of anilines is 1. The third-order valence-electron chi connectivity index (χ3n) is 2.95. The van der Waals surface area contributed by atoms with Gasteiger partial charge >= 0.3 is 0 Å². The third-order valence-corrected chi connectivity index (χ3v) is 4.06. The van der Waals surface area contributed by atoms with Crippen molar-refractivity contribution in [1.29, 1.82) is 0 Å². The lowest BCUT2D eigenvalue weighted by Crippen LogP contribution is -2.13. The van der Waals surface area contributed by atoms with Gasteiger partial charge in [-0.05, 0) is 48.9 Å². The number of halogens is 1. The SMILES string of the molecule is Cc1cc(F)ccc1C(=O)Nc1cccc(S(C)(=O)=O)c1. The smallest absolute Gasteiger partial charge is 0.255 e. The summed E-state index contributed by atoms with van der Waals surface area (Å²) in [7, 11) is -3.34. The van der Waals surface area contributed by atoms with Gasteiger partial charge in [-0.1, -0.05) is 6.07 Å². The number of hydrogen-bond acceptors (Lipinski definition) is 3. The maximum atomic E-state index is 13.0. The molecular weight excluding hydrogens is 293 g/mol. The molecule has 0 saturated heterocycles. The van der Waals surface area contributed by atoms with Crippen molar-refractivity contribution in [3.63, 3.8) is 0 Å². The molecule has 2 aromatic rings. The lowest BCUT2D eigenvalue weighted by atomic mass is 10.1. The minimum atomic E-state index is -3.34. The number of nitrogens with one attached hydrogen (secondary N) is 1. The van der Waals surface area contributed by atoms with Crippen molar-refractivity contribution < 1.29 is 17.6 Å². The summed E-state index contributed by atoms with van der Waals surface area (Å²) in [5, 5.41) is 2.61. The zero-order valence-corrected chi connectivity index (χ0v) is 12.4. The first-order valence-corrected chi connectivity index (χ1v) is 8.04. The molecule has 2 rings (SSSR count). The minimum Gasteiger partial charge on any atom is -0.322 e. The van der Waals surface area contributed by atoms with E-state index in [1.807, 2.05) is 0 Å². The maximum Gasteiger partial charge on any atom is 0.255 e. The van der Waals surface area contributed by atoms with E-state index in [4.69, 9.17) is 0 Å². The van der Waals surface area contributed by atoms with Crippen molar-refractivity contribution in [1.82, 2.24) is 0 Å². The Balaban J connectivity index is 2.28. The molecule has 0 aliphatic carbocycles. The summed E-state index contributed by atoms with van der Waals surface area (Å²) >= 11 is 0. The van der Waals surface area contributed by atoms with Gasteiger partial charge in [-0.15, -0.1) is 0 Å². The third kappa shape index (κ3) is 3.66. The maximum absolute atomic E-state index is 13.0. The average Bonchev–Trinajstić information content (AvgIpc) is 2.37. The summed E-state index contributed by atoms with van der Waals surface area (Å²) in [5.74, 6) is -0.832. The van der Waals surface area contributed by atoms with Gasteiger partial charge in [0.2, 0.25) is 0 Å². The van der Waals surface area contributed by atoms with Crippen LogP contribution in [0.3, 0.4) is 0 Å². The first kappa shape index (κ1) is 15.2. The summed E-state index contributed by atoms with van der Waals surface area (Å²) in [6.07, 6.45) is 1.10. The molecular formula is C15H14FNO3S. The van der Waals surface area contributed by atoms with E-state index in [1.54, 1.807) is 19.1 Å². The molecule has 0 aliphatic heterocycles. The number of sulfone groups is 1. The van der Waals surface area contributed by atoms with Gasteiger partial charge < -0.3 is 5.32 Å². The van der Waals surface area contributed by atoms with Crippen LogP contribution in [0.2, 0.25) is 0 Å². The van der Waals surface area contributed by atoms with Crippen molar-refractivity contribution >= 4 is 21.4 Å². The molecule has 0 heterocycles. The van der Waals surface area contributed by atoms with Crippen LogP contribution >= 0.6 is 0 Å². The van der Waals surface area contributed by atoms with Gasteiger partial charge in [-0.25, -0.2) is 12.8 Å². The molecule has 4 nitrogen and oxygen atoms in total. The highest BCUT2D eigenvalue weighted by molar-refractivity contribution is 7.90. The van der Waals surface area contributed by atoms with E-state index in [0.29, 0.717) is 16.8 Å². The van der Waals surface area contributed by atoms with Crippen molar-refractivity contribution in [2.24, 2.45) is 0 Å². The van der Waals surface area contributed by atoms with Crippen LogP contribution in [-0.4, -0.2) is 20.6 Å². The summed E-state index contributed by atoms with van der Waals surface area (Å²) in [6.45, 7) is 1.63. The molecule has 21 heavy (non-hydrogen) atoms. The molecule has 2 aromatic carbocycles. The van der Waals surface area contributed by atoms with E-state index in [1.165, 1.54) is 30.3 Å². The van der Waals surface area contributed by atoms with Gasteiger partial charge in [0.1, 0.15) is 5.82 Å². The summed E-state index contributed by atoms with van der Waals surface area (Å²) < 4.78 is 36.0. The highest BCUT2D eigenvalue weighted by atomic mass is 32.2. The van der Waals surface area contributed by atoms with E-state index < -0.39 is 21.6 Å². The normalized spacial score (nSPS) is 11.2. The second kappa shape index (κ2) is 5.65. The van der Waals surface area contributed by atoms with Crippen LogP contribution in [-0.2, 0) is 9.84 Å². The average molecular weight is 307 g/mol. The fourth-order valence-electron chi connectivity index (χ4n) is 1.88. The van der Waals surface area contributed by atoms with Gasteiger partial charge in [0.25, 0.3) is 5.91 Å². The summed E-state index contributed by atoms with van der Waals surface area (Å²) in [4.78, 5) is 12.2. The van der Waals surface area contributed by atoms with Crippen molar-refractivity contribution in [3.8, 4) is 0 Å². The quantitative estimate of drug-likeness (QED) is 0.948. The monoisotopic (exact) mass is 307 g/mol. The zero-order chi connectivity index (χ0) is 15.6. The number of rotatable bonds is 3. The van der Waals surface area contributed by atoms with Crippen LogP contribution in [0.1, 0.15) is 15.9 Å². The van der Waals surface area contributed by atoms with E-state index in [2.05, 4.69) is 5.32 Å². The number of hydrogen-bond donors (Lipinski definition) is 1. The molecule has 0 atom stereocenters. The molecule has 0 spiro atoms. The van der Waals surface area contributed by atoms with E-state index in [-0.39, 0.29) is 4.90 Å². The Morgan fingerprint density at radius 1 is 1.14 bits per heavy atom. The lowest BCUT2D eigenvalue weighted by molar-refractivity contribution is 0.102. The Bertz CT molecular complexity index is 800. The lowest BCUT2D eigenvalue weighted by Gasteiger charge is -2.09. The second-order valence-corrected chi connectivity index (χ2v) is 6.73. The highest BCUT2D eigenvalue weighted by Gasteiger charge is 2.12. The molecule has 0 aromatic heterocycles. The number of aryl methyl sites for hydroxylation is 1. The van der Waals surface area contributed by atoms with E-state index in [0.717, 1.165) is 6.26 Å². The molecule has 110 valence electrons. The predicted molar refractivity (Wildman–Crippen MR) is 78.6 cm³/mol. The van der Waals surface area contributed by atoms with Crippen LogP contribution in [0.4, 0.5) is 10.1 Å². The Morgan fingerprint density at radius 3 is 2.48 bits per heavy atom. The van der Waals surface area contributed by atoms with Crippen LogP contribution in [0.5, 0.6) is 0 Å². The molecule has 0 saturated carbocycles. The Hall–Kier alpha value is -2.21. The number of benzene rings is 2. The molecule has 1 amide bonds. The topological polar surface area (TPSA) is 63.2 Å². The van der Waals surface area contributed by atoms with Crippen molar-refractivity contribution in [3.05, 3.63) is 59.4 Å². The molecule has 0 radical (unpaired) electrons. The van der Waals surface area contributed by atoms with Crippen LogP contribution < -0.4 is 5.32 Å². The Morgan fingerprint density at radius 2 is 1.86 bits per heavy atom. The van der Waals surface area contributed by atoms with Gasteiger partial charge in [-0.3, -0.25) is 4.79 Å². The Labute approximate surface area is 122 Å². The predicted octanol–water partition coefficient (Wildman–Crippen LogP) is 2.79. The van der Waals surface area contributed by atoms with E-state index in [9.17, 15) is 17.6 Å². The first-order chi connectivity index (χ1) is 9.77. The van der Waals surface area contributed by atoms with Crippen molar-refractivity contribution in [2.75, 3.05) is 11.6 Å². The molecule has 0 unspecified atom stereocenters. The molecule has 0 bridgehead atoms. The first-order valence-electron chi connectivity index (χ1n) is 6.15. The van der Waals surface area contributed by atoms with Gasteiger partial charge in [0, 0.05) is 17.5 Å². The fraction of sp³-hybridized carbons (Fsp3) is 0.133. The van der Waals surface area contributed by atoms with E-state index >= 15 is 0 Å². The summed E-state index contributed by atoms with van der Waals surface area (Å²) in [5.41, 5.74) is 1.21. The molecule has 6 heteroatoms. The van der Waals surface area contributed by atoms with Gasteiger partial charge in [-0.2, -0.15) is 0 Å². The minimum absolute atomic E-state index is 0.121. The molecule has 0 aliphatic rings. The zero-order valence-electron chi connectivity index (χ0n) is 11.6.